The Morgan fingerprint density at radius 3 is 2.65 bits per heavy atom. The minimum atomic E-state index is -1.03. The largest absolute Gasteiger partial charge is 0.478 e. The maximum absolute atomic E-state index is 13.1. The summed E-state index contributed by atoms with van der Waals surface area (Å²) in [5.74, 6) is 0.243. The fraction of sp³-hybridized carbons (Fsp3) is 0.300. The normalized spacial score (nSPS) is 18.2. The first-order valence-electron chi connectivity index (χ1n) is 8.58. The van der Waals surface area contributed by atoms with E-state index in [0.717, 1.165) is 29.7 Å². The maximum atomic E-state index is 13.1. The van der Waals surface area contributed by atoms with Crippen LogP contribution < -0.4 is 9.47 Å². The lowest BCUT2D eigenvalue weighted by Gasteiger charge is -2.25. The number of hydrogen-bond donors (Lipinski definition) is 1. The lowest BCUT2D eigenvalue weighted by atomic mass is 10.0. The van der Waals surface area contributed by atoms with Gasteiger partial charge in [0.25, 0.3) is 5.91 Å². The molecule has 0 aromatic heterocycles. The zero-order chi connectivity index (χ0) is 18.3. The van der Waals surface area contributed by atoms with Crippen molar-refractivity contribution in [3.63, 3.8) is 0 Å². The Labute approximate surface area is 151 Å². The topological polar surface area (TPSA) is 76.1 Å². The monoisotopic (exact) mass is 353 g/mol. The van der Waals surface area contributed by atoms with Crippen LogP contribution in [-0.4, -0.2) is 35.2 Å². The molecule has 0 bridgehead atoms. The number of aromatic carboxylic acids is 1. The summed E-state index contributed by atoms with van der Waals surface area (Å²) in [6.45, 7) is 2.66. The van der Waals surface area contributed by atoms with Crippen molar-refractivity contribution in [1.29, 1.82) is 0 Å². The molecule has 1 N–H and O–H groups in total. The highest BCUT2D eigenvalue weighted by molar-refractivity contribution is 5.98. The van der Waals surface area contributed by atoms with Gasteiger partial charge < -0.3 is 19.5 Å². The van der Waals surface area contributed by atoms with Crippen molar-refractivity contribution in [2.24, 2.45) is 0 Å². The van der Waals surface area contributed by atoms with Crippen LogP contribution >= 0.6 is 0 Å². The molecule has 2 aromatic rings. The molecular formula is C20H19NO5. The third-order valence-electron chi connectivity index (χ3n) is 4.87. The van der Waals surface area contributed by atoms with Crippen molar-refractivity contribution in [2.45, 2.75) is 25.8 Å². The van der Waals surface area contributed by atoms with Crippen LogP contribution in [0.5, 0.6) is 11.5 Å². The van der Waals surface area contributed by atoms with Crippen LogP contribution in [0.25, 0.3) is 0 Å². The van der Waals surface area contributed by atoms with Crippen molar-refractivity contribution < 1.29 is 24.2 Å². The molecule has 1 atom stereocenters. The summed E-state index contributed by atoms with van der Waals surface area (Å²) in [5, 5.41) is 9.25. The molecule has 26 heavy (non-hydrogen) atoms. The van der Waals surface area contributed by atoms with Crippen molar-refractivity contribution in [2.75, 3.05) is 13.3 Å². The standard InChI is InChI=1S/C20H19NO5/c1-12-7-14(9-15(8-12)20(23)24)19(22)21-6-2-3-16(21)13-4-5-17-18(10-13)26-11-25-17/h4-5,7-10,16H,2-3,6,11H2,1H3,(H,23,24). The van der Waals surface area contributed by atoms with E-state index in [9.17, 15) is 14.7 Å². The highest BCUT2D eigenvalue weighted by Gasteiger charge is 2.32. The number of nitrogens with zero attached hydrogens (tertiary/aromatic N) is 1. The van der Waals surface area contributed by atoms with E-state index in [1.165, 1.54) is 6.07 Å². The minimum absolute atomic E-state index is 0.0502. The molecule has 0 spiro atoms. The number of fused-ring (bicyclic) bond motifs is 1. The van der Waals surface area contributed by atoms with Crippen molar-refractivity contribution in [3.8, 4) is 11.5 Å². The van der Waals surface area contributed by atoms with E-state index in [1.807, 2.05) is 23.1 Å². The second-order valence-corrected chi connectivity index (χ2v) is 6.66. The number of carboxylic acids is 1. The van der Waals surface area contributed by atoms with Gasteiger partial charge in [-0.15, -0.1) is 0 Å². The van der Waals surface area contributed by atoms with Crippen LogP contribution in [-0.2, 0) is 0 Å². The van der Waals surface area contributed by atoms with Gasteiger partial charge >= 0.3 is 5.97 Å². The number of carboxylic acid groups (broad SMARTS) is 1. The van der Waals surface area contributed by atoms with E-state index in [-0.39, 0.29) is 24.3 Å². The average molecular weight is 353 g/mol. The molecule has 0 aliphatic carbocycles. The van der Waals surface area contributed by atoms with Gasteiger partial charge in [-0.25, -0.2) is 4.79 Å². The van der Waals surface area contributed by atoms with Gasteiger partial charge in [0.05, 0.1) is 11.6 Å². The number of amides is 1. The Hall–Kier alpha value is -3.02. The molecule has 2 aromatic carbocycles. The second kappa shape index (κ2) is 6.37. The Morgan fingerprint density at radius 2 is 1.85 bits per heavy atom. The lowest BCUT2D eigenvalue weighted by Crippen LogP contribution is -2.30. The van der Waals surface area contributed by atoms with Crippen molar-refractivity contribution >= 4 is 11.9 Å². The Kier molecular flexibility index (Phi) is 4.03. The number of hydrogen-bond acceptors (Lipinski definition) is 4. The van der Waals surface area contributed by atoms with Crippen molar-refractivity contribution in [1.82, 2.24) is 4.90 Å². The molecule has 2 aliphatic rings. The third-order valence-corrected chi connectivity index (χ3v) is 4.87. The summed E-state index contributed by atoms with van der Waals surface area (Å²) in [5.41, 5.74) is 2.31. The summed E-state index contributed by atoms with van der Waals surface area (Å²) < 4.78 is 10.8. The van der Waals surface area contributed by atoms with Gasteiger partial charge in [0.15, 0.2) is 11.5 Å². The lowest BCUT2D eigenvalue weighted by molar-refractivity contribution is 0.0696. The molecule has 1 saturated heterocycles. The number of rotatable bonds is 3. The van der Waals surface area contributed by atoms with Gasteiger partial charge in [0, 0.05) is 12.1 Å². The van der Waals surface area contributed by atoms with E-state index in [2.05, 4.69) is 0 Å². The molecule has 134 valence electrons. The van der Waals surface area contributed by atoms with Gasteiger partial charge in [-0.1, -0.05) is 6.07 Å². The summed E-state index contributed by atoms with van der Waals surface area (Å²) in [4.78, 5) is 26.2. The van der Waals surface area contributed by atoms with Crippen LogP contribution in [0.1, 0.15) is 50.7 Å². The Bertz CT molecular complexity index is 892. The maximum Gasteiger partial charge on any atom is 0.335 e. The first kappa shape index (κ1) is 16.4. The van der Waals surface area contributed by atoms with Crippen LogP contribution in [0.4, 0.5) is 0 Å². The molecule has 6 nitrogen and oxygen atoms in total. The predicted molar refractivity (Wildman–Crippen MR) is 93.7 cm³/mol. The van der Waals surface area contributed by atoms with Crippen LogP contribution in [0.3, 0.4) is 0 Å². The Morgan fingerprint density at radius 1 is 1.08 bits per heavy atom. The number of carbonyl (C=O) groups excluding carboxylic acids is 1. The molecule has 6 heteroatoms. The summed E-state index contributed by atoms with van der Waals surface area (Å²) in [6, 6.07) is 10.5. The fourth-order valence-electron chi connectivity index (χ4n) is 3.67. The van der Waals surface area contributed by atoms with Crippen LogP contribution in [0.15, 0.2) is 36.4 Å². The van der Waals surface area contributed by atoms with Gasteiger partial charge in [-0.05, 0) is 61.2 Å². The summed E-state index contributed by atoms with van der Waals surface area (Å²) in [7, 11) is 0. The first-order valence-corrected chi connectivity index (χ1v) is 8.58. The van der Waals surface area contributed by atoms with Gasteiger partial charge in [0.2, 0.25) is 6.79 Å². The molecule has 4 rings (SSSR count). The van der Waals surface area contributed by atoms with Crippen LogP contribution in [0, 0.1) is 6.92 Å². The number of carbonyl (C=O) groups is 2. The van der Waals surface area contributed by atoms with Gasteiger partial charge in [0.1, 0.15) is 0 Å². The highest BCUT2D eigenvalue weighted by Crippen LogP contribution is 2.39. The zero-order valence-electron chi connectivity index (χ0n) is 14.4. The van der Waals surface area contributed by atoms with Crippen LogP contribution in [0.2, 0.25) is 0 Å². The zero-order valence-corrected chi connectivity index (χ0v) is 14.4. The molecule has 2 aliphatic heterocycles. The molecular weight excluding hydrogens is 334 g/mol. The molecule has 0 radical (unpaired) electrons. The molecule has 0 saturated carbocycles. The quantitative estimate of drug-likeness (QED) is 0.915. The molecule has 1 unspecified atom stereocenters. The van der Waals surface area contributed by atoms with E-state index in [1.54, 1.807) is 19.1 Å². The minimum Gasteiger partial charge on any atom is -0.478 e. The van der Waals surface area contributed by atoms with E-state index >= 15 is 0 Å². The van der Waals surface area contributed by atoms with Gasteiger partial charge in [-0.2, -0.15) is 0 Å². The van der Waals surface area contributed by atoms with E-state index in [4.69, 9.17) is 9.47 Å². The van der Waals surface area contributed by atoms with E-state index < -0.39 is 5.97 Å². The second-order valence-electron chi connectivity index (χ2n) is 6.66. The van der Waals surface area contributed by atoms with Gasteiger partial charge in [-0.3, -0.25) is 4.79 Å². The van der Waals surface area contributed by atoms with Crippen molar-refractivity contribution in [3.05, 3.63) is 58.7 Å². The molecule has 2 heterocycles. The molecule has 1 amide bonds. The Balaban J connectivity index is 1.64. The van der Waals surface area contributed by atoms with E-state index in [0.29, 0.717) is 17.9 Å². The third kappa shape index (κ3) is 2.87. The SMILES string of the molecule is Cc1cc(C(=O)O)cc(C(=O)N2CCCC2c2ccc3c(c2)OCO3)c1. The summed E-state index contributed by atoms with van der Waals surface area (Å²) in [6.07, 6.45) is 1.77. The average Bonchev–Trinajstić information content (AvgIpc) is 3.28. The number of benzene rings is 2. The molecule has 1 fully saturated rings. The number of likely N-dealkylation sites (tertiary alicyclic amines) is 1. The summed E-state index contributed by atoms with van der Waals surface area (Å²) >= 11 is 0. The fourth-order valence-corrected chi connectivity index (χ4v) is 3.67. The number of ether oxygens (including phenoxy) is 2. The first-order chi connectivity index (χ1) is 12.5. The predicted octanol–water partition coefficient (Wildman–Crippen LogP) is 3.40. The number of aryl methyl sites for hydroxylation is 1. The highest BCUT2D eigenvalue weighted by atomic mass is 16.7. The smallest absolute Gasteiger partial charge is 0.335 e.